The number of amides is 1. The number of carboxylic acid groups (broad SMARTS) is 1. The number of benzene rings is 5. The third-order valence-electron chi connectivity index (χ3n) is 6.72. The summed E-state index contributed by atoms with van der Waals surface area (Å²) in [7, 11) is 0. The van der Waals surface area contributed by atoms with E-state index >= 15 is 0 Å². The van der Waals surface area contributed by atoms with Gasteiger partial charge in [-0.25, -0.2) is 4.98 Å². The first-order valence-corrected chi connectivity index (χ1v) is 12.0. The molecule has 1 aromatic heterocycles. The highest BCUT2D eigenvalue weighted by molar-refractivity contribution is 6.22. The molecule has 37 heavy (non-hydrogen) atoms. The zero-order chi connectivity index (χ0) is 25.4. The molecule has 0 saturated heterocycles. The normalized spacial score (nSPS) is 12.1. The van der Waals surface area contributed by atoms with Gasteiger partial charge in [-0.05, 0) is 51.4 Å². The number of hydrogen-bond acceptors (Lipinski definition) is 3. The fraction of sp³-hybridized carbons (Fsp3) is 0.0645. The molecule has 6 nitrogen and oxygen atoms in total. The number of hydrogen-bond donors (Lipinski definition) is 2. The lowest BCUT2D eigenvalue weighted by molar-refractivity contribution is -0.137. The summed E-state index contributed by atoms with van der Waals surface area (Å²) in [6, 6.07) is 32.5. The molecule has 6 aromatic rings. The highest BCUT2D eigenvalue weighted by Crippen LogP contribution is 2.31. The third kappa shape index (κ3) is 4.19. The Labute approximate surface area is 212 Å². The van der Waals surface area contributed by atoms with Crippen molar-refractivity contribution in [2.24, 2.45) is 0 Å². The van der Waals surface area contributed by atoms with E-state index in [-0.39, 0.29) is 12.3 Å². The molecule has 0 spiro atoms. The second-order valence-corrected chi connectivity index (χ2v) is 9.03. The molecule has 0 bridgehead atoms. The fourth-order valence-corrected chi connectivity index (χ4v) is 5.03. The Hall–Kier alpha value is -4.97. The van der Waals surface area contributed by atoms with Crippen molar-refractivity contribution in [3.63, 3.8) is 0 Å². The summed E-state index contributed by atoms with van der Waals surface area (Å²) in [4.78, 5) is 29.8. The van der Waals surface area contributed by atoms with Gasteiger partial charge in [0.1, 0.15) is 0 Å². The smallest absolute Gasteiger partial charge is 0.305 e. The second-order valence-electron chi connectivity index (χ2n) is 9.03. The van der Waals surface area contributed by atoms with Gasteiger partial charge >= 0.3 is 5.97 Å². The number of imidazole rings is 1. The Bertz CT molecular complexity index is 1740. The number of nitrogens with zero attached hydrogens (tertiary/aromatic N) is 2. The van der Waals surface area contributed by atoms with Crippen LogP contribution in [0.25, 0.3) is 32.6 Å². The summed E-state index contributed by atoms with van der Waals surface area (Å²) in [5.41, 5.74) is 3.61. The molecular weight excluding hydrogens is 462 g/mol. The monoisotopic (exact) mass is 485 g/mol. The number of carboxylic acids is 1. The SMILES string of the molecule is O=C(O)CC(c1ccccc1)n1cnc2cc(NC(=O)c3c4ccccc4cc4ccccc34)ccc21. The van der Waals surface area contributed by atoms with E-state index in [2.05, 4.69) is 16.4 Å². The number of carbonyl (C=O) groups is 2. The van der Waals surface area contributed by atoms with Crippen molar-refractivity contribution < 1.29 is 14.7 Å². The molecule has 0 aliphatic heterocycles. The maximum atomic E-state index is 13.6. The van der Waals surface area contributed by atoms with Crippen LogP contribution in [0.15, 0.2) is 109 Å². The summed E-state index contributed by atoms with van der Waals surface area (Å²) in [6.07, 6.45) is 1.59. The van der Waals surface area contributed by atoms with Crippen LogP contribution in [0.1, 0.15) is 28.4 Å². The van der Waals surface area contributed by atoms with Gasteiger partial charge in [0.15, 0.2) is 0 Å². The molecule has 0 aliphatic rings. The van der Waals surface area contributed by atoms with Crippen LogP contribution in [0.4, 0.5) is 5.69 Å². The number of aliphatic carboxylic acids is 1. The summed E-state index contributed by atoms with van der Waals surface area (Å²) < 4.78 is 1.88. The van der Waals surface area contributed by atoms with Crippen LogP contribution < -0.4 is 5.32 Å². The van der Waals surface area contributed by atoms with E-state index in [1.165, 1.54) is 0 Å². The molecule has 0 saturated carbocycles. The topological polar surface area (TPSA) is 84.2 Å². The summed E-state index contributed by atoms with van der Waals surface area (Å²) >= 11 is 0. The quantitative estimate of drug-likeness (QED) is 0.258. The van der Waals surface area contributed by atoms with Gasteiger partial charge in [0, 0.05) is 5.69 Å². The molecule has 6 heteroatoms. The molecule has 5 aromatic carbocycles. The lowest BCUT2D eigenvalue weighted by Crippen LogP contribution is -2.14. The maximum Gasteiger partial charge on any atom is 0.305 e. The highest BCUT2D eigenvalue weighted by atomic mass is 16.4. The van der Waals surface area contributed by atoms with Gasteiger partial charge in [-0.3, -0.25) is 9.59 Å². The Morgan fingerprint density at radius 1 is 0.811 bits per heavy atom. The Morgan fingerprint density at radius 2 is 1.46 bits per heavy atom. The molecule has 2 N–H and O–H groups in total. The Morgan fingerprint density at radius 3 is 2.14 bits per heavy atom. The molecule has 0 aliphatic carbocycles. The van der Waals surface area contributed by atoms with Gasteiger partial charge in [0.2, 0.25) is 0 Å². The fourth-order valence-electron chi connectivity index (χ4n) is 5.03. The van der Waals surface area contributed by atoms with Crippen LogP contribution in [-0.4, -0.2) is 26.5 Å². The summed E-state index contributed by atoms with van der Waals surface area (Å²) in [5.74, 6) is -1.08. The van der Waals surface area contributed by atoms with Crippen LogP contribution >= 0.6 is 0 Å². The van der Waals surface area contributed by atoms with E-state index in [0.29, 0.717) is 16.8 Å². The lowest BCUT2D eigenvalue weighted by atomic mass is 9.96. The van der Waals surface area contributed by atoms with Gasteiger partial charge in [-0.15, -0.1) is 0 Å². The van der Waals surface area contributed by atoms with E-state index in [9.17, 15) is 14.7 Å². The number of fused-ring (bicyclic) bond motifs is 3. The third-order valence-corrected chi connectivity index (χ3v) is 6.72. The zero-order valence-corrected chi connectivity index (χ0v) is 19.8. The van der Waals surface area contributed by atoms with E-state index in [4.69, 9.17) is 0 Å². The van der Waals surface area contributed by atoms with Crippen molar-refractivity contribution in [2.75, 3.05) is 5.32 Å². The number of rotatable bonds is 6. The molecule has 0 fully saturated rings. The number of anilines is 1. The summed E-state index contributed by atoms with van der Waals surface area (Å²) in [6.45, 7) is 0. The van der Waals surface area contributed by atoms with Crippen molar-refractivity contribution in [1.29, 1.82) is 0 Å². The largest absolute Gasteiger partial charge is 0.481 e. The predicted octanol–water partition coefficient (Wildman–Crippen LogP) is 6.66. The number of aromatic nitrogens is 2. The van der Waals surface area contributed by atoms with Crippen molar-refractivity contribution in [3.8, 4) is 0 Å². The van der Waals surface area contributed by atoms with Gasteiger partial charge < -0.3 is 15.0 Å². The van der Waals surface area contributed by atoms with Crippen LogP contribution in [-0.2, 0) is 4.79 Å². The van der Waals surface area contributed by atoms with E-state index in [0.717, 1.165) is 32.6 Å². The standard InChI is InChI=1S/C31H23N3O3/c35-29(36)18-28(20-8-2-1-3-9-20)34-19-32-26-17-23(14-15-27(26)34)33-31(37)30-24-12-6-4-10-21(24)16-22-11-5-7-13-25(22)30/h1-17,19,28H,18H2,(H,33,37)(H,35,36). The van der Waals surface area contributed by atoms with Crippen molar-refractivity contribution in [3.05, 3.63) is 121 Å². The van der Waals surface area contributed by atoms with Crippen LogP contribution in [0.2, 0.25) is 0 Å². The van der Waals surface area contributed by atoms with Gasteiger partial charge in [-0.1, -0.05) is 78.9 Å². The minimum atomic E-state index is -0.887. The molecule has 1 atom stereocenters. The lowest BCUT2D eigenvalue weighted by Gasteiger charge is -2.18. The predicted molar refractivity (Wildman–Crippen MR) is 146 cm³/mol. The van der Waals surface area contributed by atoms with Gasteiger partial charge in [0.25, 0.3) is 5.91 Å². The molecular formula is C31H23N3O3. The minimum Gasteiger partial charge on any atom is -0.481 e. The van der Waals surface area contributed by atoms with Crippen LogP contribution in [0.3, 0.4) is 0 Å². The average Bonchev–Trinajstić information content (AvgIpc) is 3.33. The average molecular weight is 486 g/mol. The molecule has 1 heterocycles. The number of nitrogens with one attached hydrogen (secondary N) is 1. The number of carbonyl (C=O) groups excluding carboxylic acids is 1. The first-order valence-electron chi connectivity index (χ1n) is 12.0. The van der Waals surface area contributed by atoms with Crippen LogP contribution in [0, 0.1) is 0 Å². The second kappa shape index (κ2) is 9.24. The summed E-state index contributed by atoms with van der Waals surface area (Å²) in [5, 5.41) is 16.4. The van der Waals surface area contributed by atoms with E-state index < -0.39 is 12.0 Å². The first kappa shape index (κ1) is 22.5. The van der Waals surface area contributed by atoms with Crippen molar-refractivity contribution in [1.82, 2.24) is 9.55 Å². The maximum absolute atomic E-state index is 13.6. The minimum absolute atomic E-state index is 0.0673. The van der Waals surface area contributed by atoms with Gasteiger partial charge in [0.05, 0.1) is 35.4 Å². The van der Waals surface area contributed by atoms with Crippen LogP contribution in [0.5, 0.6) is 0 Å². The molecule has 1 unspecified atom stereocenters. The molecule has 1 amide bonds. The van der Waals surface area contributed by atoms with Gasteiger partial charge in [-0.2, -0.15) is 0 Å². The Balaban J connectivity index is 1.37. The molecule has 6 rings (SSSR count). The zero-order valence-electron chi connectivity index (χ0n) is 19.8. The molecule has 0 radical (unpaired) electrons. The molecule has 180 valence electrons. The van der Waals surface area contributed by atoms with Crippen molar-refractivity contribution >= 4 is 50.1 Å². The van der Waals surface area contributed by atoms with E-state index in [1.807, 2.05) is 102 Å². The van der Waals surface area contributed by atoms with E-state index in [1.54, 1.807) is 6.33 Å². The highest BCUT2D eigenvalue weighted by Gasteiger charge is 2.20. The first-order chi connectivity index (χ1) is 18.1. The van der Waals surface area contributed by atoms with Crippen molar-refractivity contribution in [2.45, 2.75) is 12.5 Å². The Kier molecular flexibility index (Phi) is 5.62.